The van der Waals surface area contributed by atoms with Gasteiger partial charge in [-0.15, -0.1) is 0 Å². The van der Waals surface area contributed by atoms with Crippen molar-refractivity contribution >= 4 is 21.6 Å². The lowest BCUT2D eigenvalue weighted by atomic mass is 10.2. The molecule has 0 spiro atoms. The number of hydrogen-bond acceptors (Lipinski definition) is 6. The first-order valence-corrected chi connectivity index (χ1v) is 11.3. The summed E-state index contributed by atoms with van der Waals surface area (Å²) in [6, 6.07) is 15.0. The number of hydrogen-bond donors (Lipinski definition) is 1. The number of anilines is 1. The first-order chi connectivity index (χ1) is 15.3. The molecule has 0 atom stereocenters. The minimum atomic E-state index is -4.14. The number of carbonyl (C=O) groups is 1. The van der Waals surface area contributed by atoms with Gasteiger partial charge in [0.1, 0.15) is 22.9 Å². The fourth-order valence-corrected chi connectivity index (χ4v) is 4.73. The zero-order chi connectivity index (χ0) is 23.1. The standard InChI is InChI=1S/C23H25N3O5S/c1-17-9-10-21(31-3)22(12-17)32(28,29)26(19-7-4-8-20(13-19)30-2)16-23(27)25-15-18-6-5-11-24-14-18/h4-14H,15-16H2,1-3H3,(H,25,27). The van der Waals surface area contributed by atoms with Crippen molar-refractivity contribution in [2.45, 2.75) is 18.4 Å². The van der Waals surface area contributed by atoms with Crippen LogP contribution in [0.15, 0.2) is 71.9 Å². The molecular weight excluding hydrogens is 430 g/mol. The third-order valence-electron chi connectivity index (χ3n) is 4.73. The lowest BCUT2D eigenvalue weighted by Gasteiger charge is -2.25. The molecule has 0 saturated heterocycles. The van der Waals surface area contributed by atoms with E-state index in [4.69, 9.17) is 9.47 Å². The van der Waals surface area contributed by atoms with Gasteiger partial charge in [0.15, 0.2) is 0 Å². The molecule has 0 bridgehead atoms. The number of ether oxygens (including phenoxy) is 2. The molecule has 1 N–H and O–H groups in total. The quantitative estimate of drug-likeness (QED) is 0.533. The molecule has 0 unspecified atom stereocenters. The van der Waals surface area contributed by atoms with Crippen LogP contribution in [0.4, 0.5) is 5.69 Å². The molecule has 2 aromatic carbocycles. The summed E-state index contributed by atoms with van der Waals surface area (Å²) < 4.78 is 39.0. The molecule has 1 amide bonds. The molecule has 1 heterocycles. The van der Waals surface area contributed by atoms with Gasteiger partial charge >= 0.3 is 0 Å². The number of aryl methyl sites for hydroxylation is 1. The molecule has 0 aliphatic carbocycles. The number of nitrogens with one attached hydrogen (secondary N) is 1. The van der Waals surface area contributed by atoms with Crippen molar-refractivity contribution in [2.75, 3.05) is 25.1 Å². The van der Waals surface area contributed by atoms with E-state index in [1.165, 1.54) is 20.3 Å². The van der Waals surface area contributed by atoms with Crippen LogP contribution in [0.3, 0.4) is 0 Å². The third-order valence-corrected chi connectivity index (χ3v) is 6.52. The maximum atomic E-state index is 13.7. The van der Waals surface area contributed by atoms with E-state index >= 15 is 0 Å². The summed E-state index contributed by atoms with van der Waals surface area (Å²) in [4.78, 5) is 16.7. The average Bonchev–Trinajstić information content (AvgIpc) is 2.81. The molecule has 168 valence electrons. The molecule has 8 nitrogen and oxygen atoms in total. The third kappa shape index (κ3) is 5.36. The summed E-state index contributed by atoms with van der Waals surface area (Å²) in [6.45, 7) is 1.59. The Kier molecular flexibility index (Phi) is 7.32. The number of carbonyl (C=O) groups excluding carboxylic acids is 1. The van der Waals surface area contributed by atoms with E-state index in [0.29, 0.717) is 11.4 Å². The number of nitrogens with zero attached hydrogens (tertiary/aromatic N) is 2. The number of sulfonamides is 1. The summed E-state index contributed by atoms with van der Waals surface area (Å²) in [5.41, 5.74) is 1.84. The first-order valence-electron chi connectivity index (χ1n) is 9.82. The van der Waals surface area contributed by atoms with Gasteiger partial charge in [0, 0.05) is 25.0 Å². The summed E-state index contributed by atoms with van der Waals surface area (Å²) >= 11 is 0. The predicted molar refractivity (Wildman–Crippen MR) is 121 cm³/mol. The normalized spacial score (nSPS) is 11.0. The van der Waals surface area contributed by atoms with E-state index in [1.807, 2.05) is 6.07 Å². The van der Waals surface area contributed by atoms with Gasteiger partial charge in [-0.1, -0.05) is 18.2 Å². The summed E-state index contributed by atoms with van der Waals surface area (Å²) in [7, 11) is -1.25. The van der Waals surface area contributed by atoms with Gasteiger partial charge in [0.05, 0.1) is 19.9 Å². The van der Waals surface area contributed by atoms with E-state index in [2.05, 4.69) is 10.3 Å². The van der Waals surface area contributed by atoms with Crippen molar-refractivity contribution in [3.8, 4) is 11.5 Å². The zero-order valence-electron chi connectivity index (χ0n) is 18.1. The van der Waals surface area contributed by atoms with Crippen LogP contribution in [0.1, 0.15) is 11.1 Å². The Balaban J connectivity index is 1.97. The monoisotopic (exact) mass is 455 g/mol. The van der Waals surface area contributed by atoms with Gasteiger partial charge < -0.3 is 14.8 Å². The number of rotatable bonds is 9. The Labute approximate surface area is 187 Å². The van der Waals surface area contributed by atoms with Crippen molar-refractivity contribution in [1.29, 1.82) is 0 Å². The van der Waals surface area contributed by atoms with Gasteiger partial charge in [0.2, 0.25) is 5.91 Å². The Morgan fingerprint density at radius 3 is 2.56 bits per heavy atom. The molecule has 0 saturated carbocycles. The lowest BCUT2D eigenvalue weighted by Crippen LogP contribution is -2.40. The number of pyridine rings is 1. The van der Waals surface area contributed by atoms with Crippen LogP contribution in [0, 0.1) is 6.92 Å². The largest absolute Gasteiger partial charge is 0.497 e. The van der Waals surface area contributed by atoms with Crippen LogP contribution >= 0.6 is 0 Å². The Bertz CT molecular complexity index is 1180. The molecule has 0 aliphatic heterocycles. The second-order valence-electron chi connectivity index (χ2n) is 7.01. The minimum Gasteiger partial charge on any atom is -0.497 e. The maximum absolute atomic E-state index is 13.7. The maximum Gasteiger partial charge on any atom is 0.268 e. The van der Waals surface area contributed by atoms with Crippen molar-refractivity contribution in [1.82, 2.24) is 10.3 Å². The topological polar surface area (TPSA) is 97.8 Å². The van der Waals surface area contributed by atoms with E-state index in [0.717, 1.165) is 15.4 Å². The van der Waals surface area contributed by atoms with Gasteiger partial charge in [0.25, 0.3) is 10.0 Å². The van der Waals surface area contributed by atoms with Gasteiger partial charge in [-0.25, -0.2) is 8.42 Å². The number of methoxy groups -OCH3 is 2. The van der Waals surface area contributed by atoms with Gasteiger partial charge in [-0.3, -0.25) is 14.1 Å². The van der Waals surface area contributed by atoms with Crippen molar-refractivity contribution < 1.29 is 22.7 Å². The number of aromatic nitrogens is 1. The Hall–Kier alpha value is -3.59. The van der Waals surface area contributed by atoms with E-state index in [1.54, 1.807) is 61.8 Å². The second kappa shape index (κ2) is 10.1. The summed E-state index contributed by atoms with van der Waals surface area (Å²) in [5, 5.41) is 2.74. The fourth-order valence-electron chi connectivity index (χ4n) is 3.07. The SMILES string of the molecule is COc1cccc(N(CC(=O)NCc2cccnc2)S(=O)(=O)c2cc(C)ccc2OC)c1. The molecule has 0 radical (unpaired) electrons. The van der Waals surface area contributed by atoms with Crippen LogP contribution in [0.5, 0.6) is 11.5 Å². The highest BCUT2D eigenvalue weighted by molar-refractivity contribution is 7.93. The molecule has 1 aromatic heterocycles. The summed E-state index contributed by atoms with van der Waals surface area (Å²) in [6.07, 6.45) is 3.27. The van der Waals surface area contributed by atoms with Crippen LogP contribution in [-0.4, -0.2) is 40.1 Å². The molecule has 3 aromatic rings. The van der Waals surface area contributed by atoms with E-state index in [9.17, 15) is 13.2 Å². The predicted octanol–water partition coefficient (Wildman–Crippen LogP) is 2.92. The van der Waals surface area contributed by atoms with Crippen molar-refractivity contribution in [3.63, 3.8) is 0 Å². The van der Waals surface area contributed by atoms with Crippen molar-refractivity contribution in [3.05, 3.63) is 78.1 Å². The van der Waals surface area contributed by atoms with Gasteiger partial charge in [-0.05, 0) is 48.4 Å². The van der Waals surface area contributed by atoms with Crippen LogP contribution in [0.25, 0.3) is 0 Å². The average molecular weight is 456 g/mol. The zero-order valence-corrected chi connectivity index (χ0v) is 18.9. The van der Waals surface area contributed by atoms with Crippen LogP contribution < -0.4 is 19.1 Å². The number of benzene rings is 2. The highest BCUT2D eigenvalue weighted by atomic mass is 32.2. The van der Waals surface area contributed by atoms with Gasteiger partial charge in [-0.2, -0.15) is 0 Å². The lowest BCUT2D eigenvalue weighted by molar-refractivity contribution is -0.119. The molecule has 3 rings (SSSR count). The molecule has 32 heavy (non-hydrogen) atoms. The highest BCUT2D eigenvalue weighted by Gasteiger charge is 2.30. The number of amides is 1. The van der Waals surface area contributed by atoms with Crippen molar-refractivity contribution in [2.24, 2.45) is 0 Å². The molecule has 0 aliphatic rings. The highest BCUT2D eigenvalue weighted by Crippen LogP contribution is 2.32. The smallest absolute Gasteiger partial charge is 0.268 e. The Morgan fingerprint density at radius 1 is 1.06 bits per heavy atom. The van der Waals surface area contributed by atoms with E-state index < -0.39 is 22.5 Å². The fraction of sp³-hybridized carbons (Fsp3) is 0.217. The molecule has 9 heteroatoms. The minimum absolute atomic E-state index is 0.0251. The summed E-state index contributed by atoms with van der Waals surface area (Å²) in [5.74, 6) is 0.195. The molecule has 0 fully saturated rings. The molecular formula is C23H25N3O5S. The second-order valence-corrected chi connectivity index (χ2v) is 8.84. The Morgan fingerprint density at radius 2 is 1.88 bits per heavy atom. The van der Waals surface area contributed by atoms with E-state index in [-0.39, 0.29) is 17.2 Å². The van der Waals surface area contributed by atoms with Crippen LogP contribution in [0.2, 0.25) is 0 Å². The first kappa shape index (κ1) is 23.1. The van der Waals surface area contributed by atoms with Crippen LogP contribution in [-0.2, 0) is 21.4 Å².